The number of hydrogen-bond donors (Lipinski definition) is 3. The minimum Gasteiger partial charge on any atom is -0.494 e. The number of imidazole rings is 1. The zero-order valence-corrected chi connectivity index (χ0v) is 21.8. The minimum absolute atomic E-state index is 0.287. The maximum atomic E-state index is 11.2. The average Bonchev–Trinajstić information content (AvgIpc) is 3.10. The van der Waals surface area contributed by atoms with E-state index in [1.165, 1.54) is 11.8 Å². The van der Waals surface area contributed by atoms with Crippen LogP contribution >= 0.6 is 27.7 Å². The first-order chi connectivity index (χ1) is 15.8. The molecule has 0 bridgehead atoms. The number of unbranched alkanes of at least 4 members (excludes halogenated alkanes) is 2. The summed E-state index contributed by atoms with van der Waals surface area (Å²) in [6.07, 6.45) is 5.14. The van der Waals surface area contributed by atoms with E-state index in [0.29, 0.717) is 36.1 Å². The van der Waals surface area contributed by atoms with Gasteiger partial charge < -0.3 is 15.0 Å². The van der Waals surface area contributed by atoms with E-state index in [0.717, 1.165) is 45.1 Å². The predicted molar refractivity (Wildman–Crippen MR) is 136 cm³/mol. The topological polar surface area (TPSA) is 115 Å². The van der Waals surface area contributed by atoms with Crippen molar-refractivity contribution in [1.82, 2.24) is 15.0 Å². The second kappa shape index (κ2) is 13.4. The van der Waals surface area contributed by atoms with Crippen LogP contribution in [0.1, 0.15) is 51.5 Å². The fourth-order valence-corrected chi connectivity index (χ4v) is 4.74. The fourth-order valence-electron chi connectivity index (χ4n) is 3.14. The summed E-state index contributed by atoms with van der Waals surface area (Å²) in [5, 5.41) is 10.7. The van der Waals surface area contributed by atoms with Crippen LogP contribution in [0.2, 0.25) is 0 Å². The first-order valence-corrected chi connectivity index (χ1v) is 12.5. The number of hydroxylamine groups is 1. The Bertz CT molecular complexity index is 1100. The molecule has 0 aliphatic carbocycles. The van der Waals surface area contributed by atoms with E-state index >= 15 is 0 Å². The Hall–Kier alpha value is -2.30. The highest BCUT2D eigenvalue weighted by Crippen LogP contribution is 2.36. The van der Waals surface area contributed by atoms with E-state index in [-0.39, 0.29) is 12.3 Å². The molecule has 2 aromatic rings. The standard InChI is InChI=1S/C23H32BrN5O3S/c1-5-11-26-22(25)21-16(4)29(12-9-7-8-10-20(30)28-31)23(27-21)33-19-13-15(3)18(32-6-2)14-17(19)24/h11,13-14,31H,4-10,12,25H2,1-3H3,(H,28,30)/b22-21+,26-11-. The number of carbonyl (C=O) groups excluding carboxylic acids is 1. The van der Waals surface area contributed by atoms with Gasteiger partial charge in [0.25, 0.3) is 0 Å². The zero-order chi connectivity index (χ0) is 24.4. The van der Waals surface area contributed by atoms with Gasteiger partial charge in [-0.3, -0.25) is 10.0 Å². The molecule has 1 heterocycles. The molecule has 4 N–H and O–H groups in total. The number of hydrogen-bond acceptors (Lipinski definition) is 7. The van der Waals surface area contributed by atoms with Crippen LogP contribution in [-0.4, -0.2) is 33.5 Å². The van der Waals surface area contributed by atoms with E-state index in [1.807, 2.05) is 31.4 Å². The average molecular weight is 539 g/mol. The lowest BCUT2D eigenvalue weighted by molar-refractivity contribution is -0.129. The van der Waals surface area contributed by atoms with Crippen molar-refractivity contribution in [1.29, 1.82) is 0 Å². The first kappa shape index (κ1) is 26.9. The Balaban J connectivity index is 2.35. The van der Waals surface area contributed by atoms with Crippen molar-refractivity contribution in [2.24, 2.45) is 10.7 Å². The number of ether oxygens (including phenoxy) is 1. The summed E-state index contributed by atoms with van der Waals surface area (Å²) in [6, 6.07) is 4.04. The molecule has 0 atom stereocenters. The minimum atomic E-state index is -0.374. The van der Waals surface area contributed by atoms with Gasteiger partial charge in [0.15, 0.2) is 11.0 Å². The van der Waals surface area contributed by atoms with Crippen molar-refractivity contribution in [3.8, 4) is 5.75 Å². The van der Waals surface area contributed by atoms with E-state index in [9.17, 15) is 4.79 Å². The molecule has 8 nitrogen and oxygen atoms in total. The van der Waals surface area contributed by atoms with Crippen LogP contribution in [0.15, 0.2) is 31.6 Å². The largest absolute Gasteiger partial charge is 0.494 e. The second-order valence-corrected chi connectivity index (χ2v) is 9.24. The number of aliphatic imine (C=N–C) groups is 1. The molecule has 2 rings (SSSR count). The van der Waals surface area contributed by atoms with Crippen LogP contribution in [0.3, 0.4) is 0 Å². The Morgan fingerprint density at radius 3 is 2.82 bits per heavy atom. The summed E-state index contributed by atoms with van der Waals surface area (Å²) in [7, 11) is 0. The van der Waals surface area contributed by atoms with Crippen LogP contribution in [0.25, 0.3) is 12.4 Å². The van der Waals surface area contributed by atoms with Gasteiger partial charge in [0.05, 0.1) is 12.0 Å². The summed E-state index contributed by atoms with van der Waals surface area (Å²) in [5.41, 5.74) is 8.89. The summed E-state index contributed by atoms with van der Waals surface area (Å²) < 4.78 is 8.65. The maximum Gasteiger partial charge on any atom is 0.243 e. The third-order valence-corrected chi connectivity index (χ3v) is 6.80. The highest BCUT2D eigenvalue weighted by molar-refractivity contribution is 9.10. The molecule has 0 saturated heterocycles. The van der Waals surface area contributed by atoms with Gasteiger partial charge in [-0.05, 0) is 66.7 Å². The number of amides is 1. The zero-order valence-electron chi connectivity index (χ0n) is 19.4. The van der Waals surface area contributed by atoms with E-state index in [1.54, 1.807) is 11.7 Å². The van der Waals surface area contributed by atoms with Gasteiger partial charge in [-0.15, -0.1) is 0 Å². The van der Waals surface area contributed by atoms with E-state index in [4.69, 9.17) is 20.7 Å². The number of halogens is 1. The molecule has 0 unspecified atom stereocenters. The number of nitrogens with two attached hydrogens (primary N) is 1. The molecular weight excluding hydrogens is 506 g/mol. The third-order valence-electron chi connectivity index (χ3n) is 4.83. The lowest BCUT2D eigenvalue weighted by atomic mass is 10.2. The van der Waals surface area contributed by atoms with Gasteiger partial charge >= 0.3 is 0 Å². The second-order valence-electron chi connectivity index (χ2n) is 7.38. The van der Waals surface area contributed by atoms with Gasteiger partial charge in [-0.25, -0.2) is 15.5 Å². The van der Waals surface area contributed by atoms with Crippen molar-refractivity contribution in [2.75, 3.05) is 6.61 Å². The molecule has 0 aliphatic rings. The van der Waals surface area contributed by atoms with Gasteiger partial charge in [0, 0.05) is 28.5 Å². The molecule has 180 valence electrons. The van der Waals surface area contributed by atoms with E-state index < -0.39 is 0 Å². The molecule has 0 saturated carbocycles. The lowest BCUT2D eigenvalue weighted by Crippen LogP contribution is -2.32. The van der Waals surface area contributed by atoms with Gasteiger partial charge in [-0.1, -0.05) is 31.7 Å². The number of nitrogens with zero attached hydrogens (tertiary/aromatic N) is 3. The molecule has 10 heteroatoms. The number of rotatable bonds is 12. The SMILES string of the molecule is C=c1/c(=C(N)\N=C/CC)nc(Sc2cc(C)c(OCC)cc2Br)n1CCCCCC(=O)NO. The normalized spacial score (nSPS) is 12.3. The molecular formula is C23H32BrN5O3S. The molecule has 1 aromatic heterocycles. The van der Waals surface area contributed by atoms with Crippen LogP contribution in [-0.2, 0) is 11.3 Å². The highest BCUT2D eigenvalue weighted by Gasteiger charge is 2.14. The van der Waals surface area contributed by atoms with E-state index in [2.05, 4.69) is 33.6 Å². The molecule has 0 fully saturated rings. The third kappa shape index (κ3) is 7.62. The number of nitrogens with one attached hydrogen (secondary N) is 1. The summed E-state index contributed by atoms with van der Waals surface area (Å²) in [5.74, 6) is 0.805. The Morgan fingerprint density at radius 2 is 2.15 bits per heavy atom. The Kier molecular flexibility index (Phi) is 11.0. The number of benzene rings is 1. The van der Waals surface area contributed by atoms with Crippen molar-refractivity contribution in [3.63, 3.8) is 0 Å². The van der Waals surface area contributed by atoms with Crippen molar-refractivity contribution >= 4 is 52.2 Å². The van der Waals surface area contributed by atoms with Gasteiger partial charge in [-0.2, -0.15) is 0 Å². The van der Waals surface area contributed by atoms with Crippen LogP contribution in [0.4, 0.5) is 0 Å². The molecule has 0 aliphatic heterocycles. The molecule has 1 aromatic carbocycles. The fraction of sp³-hybridized carbons (Fsp3) is 0.435. The Morgan fingerprint density at radius 1 is 1.39 bits per heavy atom. The number of aromatic nitrogens is 2. The Labute approximate surface area is 207 Å². The summed E-state index contributed by atoms with van der Waals surface area (Å²) in [4.78, 5) is 21.3. The summed E-state index contributed by atoms with van der Waals surface area (Å²) in [6.45, 7) is 11.5. The summed E-state index contributed by atoms with van der Waals surface area (Å²) >= 11 is 5.17. The molecule has 33 heavy (non-hydrogen) atoms. The first-order valence-electron chi connectivity index (χ1n) is 10.9. The van der Waals surface area contributed by atoms with Gasteiger partial charge in [0.1, 0.15) is 11.1 Å². The number of carbonyl (C=O) groups is 1. The van der Waals surface area contributed by atoms with Crippen LogP contribution in [0.5, 0.6) is 5.75 Å². The highest BCUT2D eigenvalue weighted by atomic mass is 79.9. The molecule has 1 amide bonds. The van der Waals surface area contributed by atoms with Crippen LogP contribution < -0.4 is 26.6 Å². The monoisotopic (exact) mass is 537 g/mol. The van der Waals surface area contributed by atoms with Crippen molar-refractivity contribution in [3.05, 3.63) is 32.9 Å². The lowest BCUT2D eigenvalue weighted by Gasteiger charge is -2.12. The molecule has 0 spiro atoms. The maximum absolute atomic E-state index is 11.2. The number of aryl methyl sites for hydroxylation is 1. The van der Waals surface area contributed by atoms with Crippen molar-refractivity contribution < 1.29 is 14.7 Å². The smallest absolute Gasteiger partial charge is 0.243 e. The van der Waals surface area contributed by atoms with Gasteiger partial charge in [0.2, 0.25) is 5.91 Å². The molecule has 0 radical (unpaired) electrons. The quantitative estimate of drug-likeness (QED) is 0.165. The van der Waals surface area contributed by atoms with Crippen molar-refractivity contribution in [2.45, 2.75) is 69.5 Å². The predicted octanol–water partition coefficient (Wildman–Crippen LogP) is 3.49. The van der Waals surface area contributed by atoms with Crippen LogP contribution in [0, 0.1) is 6.92 Å².